The predicted molar refractivity (Wildman–Crippen MR) is 106 cm³/mol. The second kappa shape index (κ2) is 9.82. The number of aryl methyl sites for hydroxylation is 1. The largest absolute Gasteiger partial charge is 0.343 e. The summed E-state index contributed by atoms with van der Waals surface area (Å²) in [5.41, 5.74) is 5.60. The van der Waals surface area contributed by atoms with Crippen molar-refractivity contribution in [3.8, 4) is 0 Å². The van der Waals surface area contributed by atoms with Gasteiger partial charge in [-0.1, -0.05) is 42.5 Å². The van der Waals surface area contributed by atoms with E-state index >= 15 is 0 Å². The minimum Gasteiger partial charge on any atom is -0.343 e. The van der Waals surface area contributed by atoms with Crippen molar-refractivity contribution in [3.63, 3.8) is 0 Å². The van der Waals surface area contributed by atoms with Crippen molar-refractivity contribution in [2.45, 2.75) is 25.7 Å². The van der Waals surface area contributed by atoms with Crippen LogP contribution in [0, 0.1) is 11.7 Å². The van der Waals surface area contributed by atoms with E-state index in [9.17, 15) is 18.8 Å². The number of amides is 3. The maximum atomic E-state index is 13.6. The van der Waals surface area contributed by atoms with Gasteiger partial charge in [-0.2, -0.15) is 0 Å². The molecule has 0 aliphatic carbocycles. The third kappa shape index (κ3) is 5.63. The highest BCUT2D eigenvalue weighted by Crippen LogP contribution is 2.18. The van der Waals surface area contributed by atoms with Crippen LogP contribution in [-0.2, 0) is 16.0 Å². The highest BCUT2D eigenvalue weighted by Gasteiger charge is 2.27. The molecule has 7 heteroatoms. The van der Waals surface area contributed by atoms with Crippen LogP contribution in [0.15, 0.2) is 54.6 Å². The fourth-order valence-electron chi connectivity index (χ4n) is 3.38. The molecule has 0 unspecified atom stereocenters. The normalized spacial score (nSPS) is 14.3. The van der Waals surface area contributed by atoms with Crippen LogP contribution in [0.25, 0.3) is 0 Å². The van der Waals surface area contributed by atoms with E-state index in [4.69, 9.17) is 0 Å². The highest BCUT2D eigenvalue weighted by molar-refractivity contribution is 5.95. The summed E-state index contributed by atoms with van der Waals surface area (Å²) >= 11 is 0. The number of hydrazine groups is 1. The Labute approximate surface area is 169 Å². The smallest absolute Gasteiger partial charge is 0.272 e. The molecule has 0 bridgehead atoms. The van der Waals surface area contributed by atoms with Gasteiger partial charge < -0.3 is 4.90 Å². The van der Waals surface area contributed by atoms with Gasteiger partial charge in [0.1, 0.15) is 5.82 Å². The topological polar surface area (TPSA) is 78.5 Å². The van der Waals surface area contributed by atoms with Gasteiger partial charge in [-0.25, -0.2) is 4.39 Å². The number of halogens is 1. The minimum absolute atomic E-state index is 0.0839. The molecule has 0 spiro atoms. The summed E-state index contributed by atoms with van der Waals surface area (Å²) in [5, 5.41) is 0. The molecule has 152 valence electrons. The Balaban J connectivity index is 1.40. The summed E-state index contributed by atoms with van der Waals surface area (Å²) in [6, 6.07) is 15.4. The third-order valence-corrected chi connectivity index (χ3v) is 5.11. The molecule has 1 saturated heterocycles. The van der Waals surface area contributed by atoms with E-state index in [1.165, 1.54) is 18.2 Å². The molecule has 0 saturated carbocycles. The van der Waals surface area contributed by atoms with Crippen LogP contribution < -0.4 is 10.9 Å². The number of hydrogen-bond donors (Lipinski definition) is 2. The zero-order valence-corrected chi connectivity index (χ0v) is 16.1. The van der Waals surface area contributed by atoms with Crippen LogP contribution in [0.4, 0.5) is 4.39 Å². The van der Waals surface area contributed by atoms with Crippen molar-refractivity contribution in [1.29, 1.82) is 0 Å². The van der Waals surface area contributed by atoms with Gasteiger partial charge in [0.15, 0.2) is 0 Å². The standard InChI is InChI=1S/C22H24FN3O3/c23-19-9-5-4-8-18(19)22(29)25-24-21(28)17-12-14-26(15-13-17)20(27)11-10-16-6-2-1-3-7-16/h1-9,17H,10-15H2,(H,24,28)(H,25,29). The Morgan fingerprint density at radius 2 is 1.59 bits per heavy atom. The SMILES string of the molecule is O=C(NNC(=O)C1CCN(C(=O)CCc2ccccc2)CC1)c1ccccc1F. The lowest BCUT2D eigenvalue weighted by molar-refractivity contribution is -0.135. The number of hydrogen-bond acceptors (Lipinski definition) is 3. The Morgan fingerprint density at radius 3 is 2.28 bits per heavy atom. The van der Waals surface area contributed by atoms with Crippen molar-refractivity contribution in [1.82, 2.24) is 15.8 Å². The molecule has 0 aromatic heterocycles. The van der Waals surface area contributed by atoms with Gasteiger partial charge in [0, 0.05) is 25.4 Å². The molecular weight excluding hydrogens is 373 g/mol. The molecule has 2 aromatic rings. The monoisotopic (exact) mass is 397 g/mol. The first-order chi connectivity index (χ1) is 14.0. The summed E-state index contributed by atoms with van der Waals surface area (Å²) in [4.78, 5) is 38.4. The number of nitrogens with zero attached hydrogens (tertiary/aromatic N) is 1. The zero-order valence-electron chi connectivity index (χ0n) is 16.1. The fourth-order valence-corrected chi connectivity index (χ4v) is 3.38. The number of nitrogens with one attached hydrogen (secondary N) is 2. The molecule has 1 aliphatic rings. The van der Waals surface area contributed by atoms with E-state index in [-0.39, 0.29) is 23.3 Å². The van der Waals surface area contributed by atoms with E-state index in [1.54, 1.807) is 11.0 Å². The van der Waals surface area contributed by atoms with Crippen molar-refractivity contribution in [3.05, 3.63) is 71.5 Å². The van der Waals surface area contributed by atoms with E-state index in [0.29, 0.717) is 38.8 Å². The summed E-state index contributed by atoms with van der Waals surface area (Å²) in [6.45, 7) is 1.01. The number of piperidine rings is 1. The van der Waals surface area contributed by atoms with E-state index in [2.05, 4.69) is 10.9 Å². The molecule has 3 amide bonds. The average molecular weight is 397 g/mol. The van der Waals surface area contributed by atoms with Gasteiger partial charge in [0.05, 0.1) is 5.56 Å². The van der Waals surface area contributed by atoms with Gasteiger partial charge >= 0.3 is 0 Å². The van der Waals surface area contributed by atoms with Gasteiger partial charge in [-0.3, -0.25) is 25.2 Å². The summed E-state index contributed by atoms with van der Waals surface area (Å²) in [6.07, 6.45) is 2.19. The van der Waals surface area contributed by atoms with Gasteiger partial charge in [0.25, 0.3) is 5.91 Å². The molecule has 29 heavy (non-hydrogen) atoms. The number of likely N-dealkylation sites (tertiary alicyclic amines) is 1. The Morgan fingerprint density at radius 1 is 0.931 bits per heavy atom. The van der Waals surface area contributed by atoms with Gasteiger partial charge in [-0.15, -0.1) is 0 Å². The van der Waals surface area contributed by atoms with Crippen LogP contribution in [0.5, 0.6) is 0 Å². The molecule has 2 N–H and O–H groups in total. The molecule has 0 radical (unpaired) electrons. The van der Waals surface area contributed by atoms with Crippen LogP contribution in [0.3, 0.4) is 0 Å². The summed E-state index contributed by atoms with van der Waals surface area (Å²) < 4.78 is 13.6. The minimum atomic E-state index is -0.704. The van der Waals surface area contributed by atoms with Gasteiger partial charge in [-0.05, 0) is 37.0 Å². The molecular formula is C22H24FN3O3. The second-order valence-corrected chi connectivity index (χ2v) is 7.06. The zero-order chi connectivity index (χ0) is 20.6. The fraction of sp³-hybridized carbons (Fsp3) is 0.318. The first-order valence-electron chi connectivity index (χ1n) is 9.71. The lowest BCUT2D eigenvalue weighted by Gasteiger charge is -2.31. The van der Waals surface area contributed by atoms with Crippen LogP contribution >= 0.6 is 0 Å². The molecule has 0 atom stereocenters. The summed E-state index contributed by atoms with van der Waals surface area (Å²) in [5.74, 6) is -1.90. The van der Waals surface area contributed by atoms with Crippen LogP contribution in [0.2, 0.25) is 0 Å². The van der Waals surface area contributed by atoms with Crippen molar-refractivity contribution >= 4 is 17.7 Å². The van der Waals surface area contributed by atoms with Crippen LogP contribution in [0.1, 0.15) is 35.2 Å². The third-order valence-electron chi connectivity index (χ3n) is 5.11. The molecule has 1 aliphatic heterocycles. The number of carbonyl (C=O) groups is 3. The maximum Gasteiger partial charge on any atom is 0.272 e. The van der Waals surface area contributed by atoms with Crippen molar-refractivity contribution in [2.75, 3.05) is 13.1 Å². The lowest BCUT2D eigenvalue weighted by atomic mass is 9.95. The Kier molecular flexibility index (Phi) is 6.94. The lowest BCUT2D eigenvalue weighted by Crippen LogP contribution is -2.48. The molecule has 1 heterocycles. The first kappa shape index (κ1) is 20.5. The molecule has 3 rings (SSSR count). The van der Waals surface area contributed by atoms with E-state index < -0.39 is 11.7 Å². The molecule has 2 aromatic carbocycles. The maximum absolute atomic E-state index is 13.6. The molecule has 1 fully saturated rings. The average Bonchev–Trinajstić information content (AvgIpc) is 2.76. The first-order valence-corrected chi connectivity index (χ1v) is 9.71. The van der Waals surface area contributed by atoms with Gasteiger partial charge in [0.2, 0.25) is 11.8 Å². The molecule has 6 nitrogen and oxygen atoms in total. The second-order valence-electron chi connectivity index (χ2n) is 7.06. The highest BCUT2D eigenvalue weighted by atomic mass is 19.1. The predicted octanol–water partition coefficient (Wildman–Crippen LogP) is 2.46. The Hall–Kier alpha value is -3.22. The van der Waals surface area contributed by atoms with Crippen molar-refractivity contribution < 1.29 is 18.8 Å². The number of rotatable bonds is 5. The number of benzene rings is 2. The van der Waals surface area contributed by atoms with E-state index in [0.717, 1.165) is 5.56 Å². The summed E-state index contributed by atoms with van der Waals surface area (Å²) in [7, 11) is 0. The van der Waals surface area contributed by atoms with Crippen LogP contribution in [-0.4, -0.2) is 35.7 Å². The van der Waals surface area contributed by atoms with E-state index in [1.807, 2.05) is 30.3 Å². The van der Waals surface area contributed by atoms with Crippen molar-refractivity contribution in [2.24, 2.45) is 5.92 Å². The quantitative estimate of drug-likeness (QED) is 0.761. The number of carbonyl (C=O) groups excluding carboxylic acids is 3. The Bertz CT molecular complexity index is 865.